The first kappa shape index (κ1) is 17.5. The molecule has 3 nitrogen and oxygen atoms in total. The van der Waals surface area contributed by atoms with E-state index in [1.807, 2.05) is 12.2 Å². The van der Waals surface area contributed by atoms with E-state index in [1.165, 1.54) is 11.1 Å². The van der Waals surface area contributed by atoms with E-state index in [2.05, 4.69) is 38.8 Å². The first-order chi connectivity index (χ1) is 10.6. The topological polar surface area (TPSA) is 21.7 Å². The molecule has 3 heteroatoms. The maximum absolute atomic E-state index is 5.97. The molecule has 0 aromatic carbocycles. The van der Waals surface area contributed by atoms with Gasteiger partial charge in [0.1, 0.15) is 0 Å². The molecule has 0 aromatic heterocycles. The Bertz CT molecular complexity index is 427. The van der Waals surface area contributed by atoms with E-state index in [4.69, 9.17) is 9.47 Å². The molecule has 2 rings (SSSR count). The van der Waals surface area contributed by atoms with Gasteiger partial charge in [-0.15, -0.1) is 0 Å². The second kappa shape index (κ2) is 8.09. The normalized spacial score (nSPS) is 30.1. The van der Waals surface area contributed by atoms with Gasteiger partial charge in [-0.25, -0.2) is 0 Å². The van der Waals surface area contributed by atoms with Gasteiger partial charge in [0, 0.05) is 19.2 Å². The molecular weight excluding hydrogens is 274 g/mol. The van der Waals surface area contributed by atoms with Gasteiger partial charge in [0.15, 0.2) is 0 Å². The Balaban J connectivity index is 1.93. The highest BCUT2D eigenvalue weighted by molar-refractivity contribution is 5.37. The molecule has 0 aromatic rings. The largest absolute Gasteiger partial charge is 0.376 e. The lowest BCUT2D eigenvalue weighted by Crippen LogP contribution is -2.45. The van der Waals surface area contributed by atoms with E-state index >= 15 is 0 Å². The molecule has 124 valence electrons. The number of hydrogen-bond donors (Lipinski definition) is 0. The zero-order valence-electron chi connectivity index (χ0n) is 14.4. The lowest BCUT2D eigenvalue weighted by Gasteiger charge is -2.39. The molecular formula is C19H31NO2. The Morgan fingerprint density at radius 2 is 2.14 bits per heavy atom. The Labute approximate surface area is 135 Å². The van der Waals surface area contributed by atoms with Crippen molar-refractivity contribution in [1.29, 1.82) is 0 Å². The van der Waals surface area contributed by atoms with Crippen LogP contribution in [-0.2, 0) is 9.47 Å². The first-order valence-corrected chi connectivity index (χ1v) is 8.48. The molecule has 0 unspecified atom stereocenters. The Kier molecular flexibility index (Phi) is 6.42. The zero-order valence-corrected chi connectivity index (χ0v) is 14.4. The van der Waals surface area contributed by atoms with Gasteiger partial charge >= 0.3 is 0 Å². The lowest BCUT2D eigenvalue weighted by atomic mass is 9.86. The van der Waals surface area contributed by atoms with E-state index in [9.17, 15) is 0 Å². The number of rotatable bonds is 7. The van der Waals surface area contributed by atoms with E-state index in [0.29, 0.717) is 31.2 Å². The molecule has 2 aliphatic heterocycles. The van der Waals surface area contributed by atoms with Crippen LogP contribution in [0.25, 0.3) is 0 Å². The van der Waals surface area contributed by atoms with Crippen LogP contribution in [-0.4, -0.2) is 43.5 Å². The van der Waals surface area contributed by atoms with Crippen LogP contribution >= 0.6 is 0 Å². The third-order valence-electron chi connectivity index (χ3n) is 4.69. The summed E-state index contributed by atoms with van der Waals surface area (Å²) < 4.78 is 11.7. The van der Waals surface area contributed by atoms with Crippen LogP contribution in [0.15, 0.2) is 36.5 Å². The molecule has 1 fully saturated rings. The Hall–Kier alpha value is -0.900. The van der Waals surface area contributed by atoms with Crippen molar-refractivity contribution in [3.63, 3.8) is 0 Å². The summed E-state index contributed by atoms with van der Waals surface area (Å²) in [5.74, 6) is 1.19. The summed E-state index contributed by atoms with van der Waals surface area (Å²) in [4.78, 5) is 2.42. The molecule has 2 aliphatic rings. The number of hydrogen-bond acceptors (Lipinski definition) is 3. The monoisotopic (exact) mass is 305 g/mol. The quantitative estimate of drug-likeness (QED) is 0.714. The number of allylic oxidation sites excluding steroid dienone is 1. The van der Waals surface area contributed by atoms with Crippen molar-refractivity contribution in [3.05, 3.63) is 36.5 Å². The molecule has 0 aliphatic carbocycles. The number of ether oxygens (including phenoxy) is 2. The van der Waals surface area contributed by atoms with E-state index < -0.39 is 0 Å². The highest BCUT2D eigenvalue weighted by Gasteiger charge is 2.30. The predicted octanol–water partition coefficient (Wildman–Crippen LogP) is 3.78. The molecule has 2 heterocycles. The summed E-state index contributed by atoms with van der Waals surface area (Å²) in [6, 6.07) is 0.364. The summed E-state index contributed by atoms with van der Waals surface area (Å²) in [5, 5.41) is 0. The van der Waals surface area contributed by atoms with Crippen molar-refractivity contribution < 1.29 is 9.47 Å². The standard InChI is InChI=1S/C19H31NO2/c1-6-16-8-9-20(19(14(3)4)18(16)7-2)13-21-12-17-10-15(5)11-22-17/h6-7,14-15,17,19H,1-2,8-13H2,3-5H3/t15-,17-,19-/m0/s1. The van der Waals surface area contributed by atoms with E-state index in [-0.39, 0.29) is 6.10 Å². The second-order valence-corrected chi connectivity index (χ2v) is 6.94. The van der Waals surface area contributed by atoms with Crippen LogP contribution in [0.2, 0.25) is 0 Å². The average Bonchev–Trinajstić information content (AvgIpc) is 2.91. The smallest absolute Gasteiger partial charge is 0.0996 e. The first-order valence-electron chi connectivity index (χ1n) is 8.48. The summed E-state index contributed by atoms with van der Waals surface area (Å²) in [7, 11) is 0. The SMILES string of the molecule is C=CC1=C(C=C)[C@H](C(C)C)N(COC[C@@H]2C[C@H](C)CO2)CC1. The molecule has 1 saturated heterocycles. The zero-order chi connectivity index (χ0) is 16.1. The highest BCUT2D eigenvalue weighted by atomic mass is 16.5. The van der Waals surface area contributed by atoms with Crippen LogP contribution in [0.5, 0.6) is 0 Å². The van der Waals surface area contributed by atoms with Gasteiger partial charge in [-0.05, 0) is 35.8 Å². The van der Waals surface area contributed by atoms with E-state index in [1.54, 1.807) is 0 Å². The Morgan fingerprint density at radius 3 is 2.68 bits per heavy atom. The third kappa shape index (κ3) is 4.09. The predicted molar refractivity (Wildman–Crippen MR) is 91.7 cm³/mol. The summed E-state index contributed by atoms with van der Waals surface area (Å²) in [5.41, 5.74) is 2.64. The van der Waals surface area contributed by atoms with Gasteiger partial charge in [0.25, 0.3) is 0 Å². The van der Waals surface area contributed by atoms with Crippen molar-refractivity contribution in [2.45, 2.75) is 45.8 Å². The van der Waals surface area contributed by atoms with Crippen LogP contribution < -0.4 is 0 Å². The summed E-state index contributed by atoms with van der Waals surface area (Å²) >= 11 is 0. The van der Waals surface area contributed by atoms with Gasteiger partial charge in [0.05, 0.1) is 19.4 Å². The fourth-order valence-corrected chi connectivity index (χ4v) is 3.63. The van der Waals surface area contributed by atoms with Crippen molar-refractivity contribution >= 4 is 0 Å². The van der Waals surface area contributed by atoms with Crippen molar-refractivity contribution in [2.24, 2.45) is 11.8 Å². The minimum atomic E-state index is 0.274. The second-order valence-electron chi connectivity index (χ2n) is 6.94. The van der Waals surface area contributed by atoms with Gasteiger partial charge in [-0.2, -0.15) is 0 Å². The van der Waals surface area contributed by atoms with Crippen molar-refractivity contribution in [3.8, 4) is 0 Å². The Morgan fingerprint density at radius 1 is 1.36 bits per heavy atom. The molecule has 0 bridgehead atoms. The molecule has 0 N–H and O–H groups in total. The van der Waals surface area contributed by atoms with Crippen molar-refractivity contribution in [2.75, 3.05) is 26.5 Å². The average molecular weight is 305 g/mol. The maximum Gasteiger partial charge on any atom is 0.0996 e. The molecule has 0 spiro atoms. The fraction of sp³-hybridized carbons (Fsp3) is 0.684. The highest BCUT2D eigenvalue weighted by Crippen LogP contribution is 2.30. The fourth-order valence-electron chi connectivity index (χ4n) is 3.63. The van der Waals surface area contributed by atoms with Gasteiger partial charge in [-0.3, -0.25) is 4.90 Å². The van der Waals surface area contributed by atoms with Gasteiger partial charge in [0.2, 0.25) is 0 Å². The third-order valence-corrected chi connectivity index (χ3v) is 4.69. The minimum absolute atomic E-state index is 0.274. The van der Waals surface area contributed by atoms with Crippen LogP contribution in [0.1, 0.15) is 33.6 Å². The molecule has 0 radical (unpaired) electrons. The van der Waals surface area contributed by atoms with Gasteiger partial charge < -0.3 is 9.47 Å². The lowest BCUT2D eigenvalue weighted by molar-refractivity contribution is -0.0418. The molecule has 0 saturated carbocycles. The molecule has 0 amide bonds. The van der Waals surface area contributed by atoms with Gasteiger partial charge in [-0.1, -0.05) is 46.1 Å². The number of nitrogens with zero attached hydrogens (tertiary/aromatic N) is 1. The van der Waals surface area contributed by atoms with Crippen LogP contribution in [0.4, 0.5) is 0 Å². The van der Waals surface area contributed by atoms with Crippen molar-refractivity contribution in [1.82, 2.24) is 4.90 Å². The van der Waals surface area contributed by atoms with E-state index in [0.717, 1.165) is 26.0 Å². The minimum Gasteiger partial charge on any atom is -0.376 e. The van der Waals surface area contributed by atoms with Crippen LogP contribution in [0.3, 0.4) is 0 Å². The summed E-state index contributed by atoms with van der Waals surface area (Å²) in [6.07, 6.45) is 6.39. The van der Waals surface area contributed by atoms with Crippen LogP contribution in [0, 0.1) is 11.8 Å². The molecule has 3 atom stereocenters. The summed E-state index contributed by atoms with van der Waals surface area (Å²) in [6.45, 7) is 18.0. The maximum atomic E-state index is 5.97. The molecule has 22 heavy (non-hydrogen) atoms.